The zero-order valence-corrected chi connectivity index (χ0v) is 20.3. The smallest absolute Gasteiger partial charge is 0.265 e. The molecule has 1 fully saturated rings. The Labute approximate surface area is 206 Å². The van der Waals surface area contributed by atoms with Gasteiger partial charge in [0.2, 0.25) is 0 Å². The molecular formula is C23H23Cl2N5O2S. The number of aromatic nitrogens is 1. The minimum absolute atomic E-state index is 0.236. The number of benzene rings is 1. The minimum Gasteiger partial charge on any atom is -0.362 e. The molecular weight excluding hydrogens is 481 g/mol. The molecule has 0 unspecified atom stereocenters. The van der Waals surface area contributed by atoms with Crippen molar-refractivity contribution in [3.8, 4) is 0 Å². The van der Waals surface area contributed by atoms with Crippen LogP contribution < -0.4 is 15.5 Å². The van der Waals surface area contributed by atoms with E-state index in [9.17, 15) is 9.59 Å². The van der Waals surface area contributed by atoms with Gasteiger partial charge in [-0.25, -0.2) is 4.98 Å². The van der Waals surface area contributed by atoms with Gasteiger partial charge in [0, 0.05) is 30.9 Å². The maximum atomic E-state index is 13.0. The van der Waals surface area contributed by atoms with Crippen LogP contribution in [0.3, 0.4) is 0 Å². The van der Waals surface area contributed by atoms with Crippen LogP contribution in [0.15, 0.2) is 48.7 Å². The molecule has 33 heavy (non-hydrogen) atoms. The van der Waals surface area contributed by atoms with Gasteiger partial charge in [-0.1, -0.05) is 23.2 Å². The molecule has 4 rings (SSSR count). The second kappa shape index (κ2) is 10.5. The number of hydrogen-bond donors (Lipinski definition) is 2. The maximum Gasteiger partial charge on any atom is 0.265 e. The number of amides is 2. The quantitative estimate of drug-likeness (QED) is 0.506. The normalized spacial score (nSPS) is 14.6. The van der Waals surface area contributed by atoms with E-state index < -0.39 is 5.91 Å². The largest absolute Gasteiger partial charge is 0.362 e. The maximum absolute atomic E-state index is 13.0. The second-order valence-electron chi connectivity index (χ2n) is 7.74. The molecule has 10 heteroatoms. The molecule has 2 N–H and O–H groups in total. The minimum atomic E-state index is -0.442. The van der Waals surface area contributed by atoms with Crippen LogP contribution in [0.5, 0.6) is 0 Å². The van der Waals surface area contributed by atoms with Crippen molar-refractivity contribution in [2.75, 3.05) is 48.8 Å². The van der Waals surface area contributed by atoms with E-state index in [-0.39, 0.29) is 11.5 Å². The van der Waals surface area contributed by atoms with Gasteiger partial charge in [0.05, 0.1) is 26.2 Å². The fourth-order valence-electron chi connectivity index (χ4n) is 3.52. The molecule has 0 aliphatic carbocycles. The van der Waals surface area contributed by atoms with Gasteiger partial charge in [-0.2, -0.15) is 0 Å². The van der Waals surface area contributed by atoms with Gasteiger partial charge in [0.1, 0.15) is 5.82 Å². The summed E-state index contributed by atoms with van der Waals surface area (Å²) in [6, 6.07) is 11.8. The van der Waals surface area contributed by atoms with Crippen molar-refractivity contribution in [2.45, 2.75) is 6.42 Å². The van der Waals surface area contributed by atoms with Crippen molar-refractivity contribution in [2.24, 2.45) is 0 Å². The van der Waals surface area contributed by atoms with Crippen LogP contribution in [-0.4, -0.2) is 54.9 Å². The molecule has 0 spiro atoms. The third-order valence-electron chi connectivity index (χ3n) is 5.29. The highest BCUT2D eigenvalue weighted by Crippen LogP contribution is 2.29. The number of nitrogens with zero attached hydrogens (tertiary/aromatic N) is 3. The number of nitrogens with one attached hydrogen (secondary N) is 2. The summed E-state index contributed by atoms with van der Waals surface area (Å²) in [4.78, 5) is 35.1. The first-order valence-electron chi connectivity index (χ1n) is 10.5. The number of carbonyl (C=O) groups is 2. The average Bonchev–Trinajstić information content (AvgIpc) is 3.19. The van der Waals surface area contributed by atoms with Gasteiger partial charge in [0.25, 0.3) is 11.8 Å². The van der Waals surface area contributed by atoms with Crippen molar-refractivity contribution >= 4 is 62.9 Å². The van der Waals surface area contributed by atoms with E-state index in [4.69, 9.17) is 23.2 Å². The average molecular weight is 504 g/mol. The number of carbonyl (C=O) groups excluding carboxylic acids is 2. The van der Waals surface area contributed by atoms with Crippen molar-refractivity contribution in [3.05, 3.63) is 69.1 Å². The number of rotatable bonds is 5. The van der Waals surface area contributed by atoms with E-state index >= 15 is 0 Å². The topological polar surface area (TPSA) is 77.6 Å². The van der Waals surface area contributed by atoms with E-state index in [1.165, 1.54) is 23.6 Å². The molecule has 1 aromatic carbocycles. The Morgan fingerprint density at radius 2 is 1.76 bits per heavy atom. The summed E-state index contributed by atoms with van der Waals surface area (Å²) in [7, 11) is 2.12. The zero-order chi connectivity index (χ0) is 23.4. The Balaban J connectivity index is 1.48. The van der Waals surface area contributed by atoms with Gasteiger partial charge < -0.3 is 20.4 Å². The number of thiophene rings is 1. The van der Waals surface area contributed by atoms with Crippen LogP contribution in [0.2, 0.25) is 10.0 Å². The first-order valence-corrected chi connectivity index (χ1v) is 12.0. The van der Waals surface area contributed by atoms with Gasteiger partial charge in [0.15, 0.2) is 0 Å². The fraction of sp³-hybridized carbons (Fsp3) is 0.261. The standard InChI is InChI=1S/C23H23Cl2N5O2S/c1-29-9-2-10-30(12-11-29)21-8-6-19(33-21)23(32)27-18-5-3-15(24)13-17(18)22(31)28-20-7-4-16(25)14-26-20/h3-8,13-14H,2,9-12H2,1H3,(H,27,32)(H,26,28,31). The van der Waals surface area contributed by atoms with E-state index in [1.54, 1.807) is 24.3 Å². The molecule has 1 aliphatic heterocycles. The Morgan fingerprint density at radius 3 is 2.55 bits per heavy atom. The first-order chi connectivity index (χ1) is 15.9. The number of hydrogen-bond acceptors (Lipinski definition) is 6. The summed E-state index contributed by atoms with van der Waals surface area (Å²) in [6.45, 7) is 3.96. The summed E-state index contributed by atoms with van der Waals surface area (Å²) in [5.41, 5.74) is 0.599. The van der Waals surface area contributed by atoms with E-state index in [0.717, 1.165) is 37.6 Å². The summed E-state index contributed by atoms with van der Waals surface area (Å²) in [5.74, 6) is -0.380. The molecule has 3 aromatic rings. The Kier molecular flexibility index (Phi) is 7.49. The Morgan fingerprint density at radius 1 is 0.939 bits per heavy atom. The highest BCUT2D eigenvalue weighted by Gasteiger charge is 2.19. The lowest BCUT2D eigenvalue weighted by Crippen LogP contribution is -2.28. The summed E-state index contributed by atoms with van der Waals surface area (Å²) in [6.07, 6.45) is 2.52. The third-order valence-corrected chi connectivity index (χ3v) is 6.89. The van der Waals surface area contributed by atoms with Crippen molar-refractivity contribution in [3.63, 3.8) is 0 Å². The van der Waals surface area contributed by atoms with Gasteiger partial charge in [-0.05, 0) is 62.5 Å². The number of likely N-dealkylation sites (N-methyl/N-ethyl adjacent to an activating group) is 1. The molecule has 3 heterocycles. The van der Waals surface area contributed by atoms with Crippen LogP contribution >= 0.6 is 34.5 Å². The van der Waals surface area contributed by atoms with Crippen molar-refractivity contribution in [1.82, 2.24) is 9.88 Å². The van der Waals surface area contributed by atoms with Crippen LogP contribution in [0.1, 0.15) is 26.5 Å². The van der Waals surface area contributed by atoms with Crippen LogP contribution in [0.4, 0.5) is 16.5 Å². The predicted octanol–water partition coefficient (Wildman–Crippen LogP) is 5.10. The Hall–Kier alpha value is -2.65. The second-order valence-corrected chi connectivity index (χ2v) is 9.68. The molecule has 0 bridgehead atoms. The molecule has 1 aliphatic rings. The van der Waals surface area contributed by atoms with E-state index in [1.807, 2.05) is 12.1 Å². The van der Waals surface area contributed by atoms with E-state index in [2.05, 4.69) is 32.5 Å². The molecule has 172 valence electrons. The highest BCUT2D eigenvalue weighted by atomic mass is 35.5. The molecule has 1 saturated heterocycles. The monoisotopic (exact) mass is 503 g/mol. The fourth-order valence-corrected chi connectivity index (χ4v) is 4.75. The molecule has 2 amide bonds. The SMILES string of the molecule is CN1CCCN(c2ccc(C(=O)Nc3ccc(Cl)cc3C(=O)Nc3ccc(Cl)cn3)s2)CC1. The first kappa shape index (κ1) is 23.5. The lowest BCUT2D eigenvalue weighted by atomic mass is 10.1. The number of anilines is 3. The summed E-state index contributed by atoms with van der Waals surface area (Å²) >= 11 is 13.4. The molecule has 0 atom stereocenters. The third kappa shape index (κ3) is 6.03. The number of pyridine rings is 1. The molecule has 0 radical (unpaired) electrons. The predicted molar refractivity (Wildman–Crippen MR) is 135 cm³/mol. The van der Waals surface area contributed by atoms with Crippen molar-refractivity contribution < 1.29 is 9.59 Å². The summed E-state index contributed by atoms with van der Waals surface area (Å²) in [5, 5.41) is 7.46. The molecule has 0 saturated carbocycles. The van der Waals surface area contributed by atoms with Gasteiger partial charge in [-0.15, -0.1) is 11.3 Å². The highest BCUT2D eigenvalue weighted by molar-refractivity contribution is 7.18. The lowest BCUT2D eigenvalue weighted by molar-refractivity contribution is 0.102. The Bertz CT molecular complexity index is 1150. The van der Waals surface area contributed by atoms with Crippen molar-refractivity contribution in [1.29, 1.82) is 0 Å². The zero-order valence-electron chi connectivity index (χ0n) is 18.0. The van der Waals surface area contributed by atoms with Gasteiger partial charge >= 0.3 is 0 Å². The molecule has 2 aromatic heterocycles. The lowest BCUT2D eigenvalue weighted by Gasteiger charge is -2.20. The van der Waals surface area contributed by atoms with Gasteiger partial charge in [-0.3, -0.25) is 9.59 Å². The van der Waals surface area contributed by atoms with Crippen LogP contribution in [0.25, 0.3) is 0 Å². The van der Waals surface area contributed by atoms with Crippen LogP contribution in [-0.2, 0) is 0 Å². The molecule has 7 nitrogen and oxygen atoms in total. The van der Waals surface area contributed by atoms with Crippen LogP contribution in [0, 0.1) is 0 Å². The number of halogens is 2. The van der Waals surface area contributed by atoms with E-state index in [0.29, 0.717) is 26.4 Å². The summed E-state index contributed by atoms with van der Waals surface area (Å²) < 4.78 is 0.